The van der Waals surface area contributed by atoms with Crippen molar-refractivity contribution >= 4 is 21.4 Å². The van der Waals surface area contributed by atoms with Gasteiger partial charge in [0.15, 0.2) is 5.03 Å². The number of rotatable bonds is 5. The number of aromatic nitrogens is 2. The van der Waals surface area contributed by atoms with Crippen molar-refractivity contribution in [2.45, 2.75) is 18.1 Å². The highest BCUT2D eigenvalue weighted by molar-refractivity contribution is 7.89. The molecule has 0 bridgehead atoms. The second-order valence-corrected chi connectivity index (χ2v) is 6.87. The summed E-state index contributed by atoms with van der Waals surface area (Å²) in [7, 11) is -1.99. The summed E-state index contributed by atoms with van der Waals surface area (Å²) in [5.74, 6) is 0. The first kappa shape index (κ1) is 14.2. The Labute approximate surface area is 115 Å². The Morgan fingerprint density at radius 1 is 1.58 bits per heavy atom. The molecule has 19 heavy (non-hydrogen) atoms. The molecule has 2 aromatic heterocycles. The summed E-state index contributed by atoms with van der Waals surface area (Å²) in [5, 5.41) is 11.8. The fourth-order valence-corrected chi connectivity index (χ4v) is 3.54. The third-order valence-corrected chi connectivity index (χ3v) is 5.06. The molecule has 6 nitrogen and oxygen atoms in total. The molecule has 2 N–H and O–H groups in total. The van der Waals surface area contributed by atoms with Gasteiger partial charge in [-0.2, -0.15) is 0 Å². The van der Waals surface area contributed by atoms with E-state index in [1.807, 2.05) is 18.4 Å². The number of aryl methyl sites for hydroxylation is 2. The van der Waals surface area contributed by atoms with E-state index in [-0.39, 0.29) is 11.6 Å². The van der Waals surface area contributed by atoms with Gasteiger partial charge >= 0.3 is 0 Å². The molecular formula is C11H15N3O3S2. The van der Waals surface area contributed by atoms with Gasteiger partial charge in [-0.25, -0.2) is 18.1 Å². The number of aliphatic hydroxyl groups is 1. The van der Waals surface area contributed by atoms with Gasteiger partial charge in [-0.15, -0.1) is 11.3 Å². The maximum Gasteiger partial charge on any atom is 0.259 e. The van der Waals surface area contributed by atoms with Crippen LogP contribution in [0.5, 0.6) is 0 Å². The van der Waals surface area contributed by atoms with Crippen LogP contribution in [-0.2, 0) is 17.1 Å². The number of hydrogen-bond acceptors (Lipinski definition) is 5. The second kappa shape index (κ2) is 5.41. The molecule has 0 aliphatic rings. The van der Waals surface area contributed by atoms with E-state index in [0.29, 0.717) is 0 Å². The first-order valence-electron chi connectivity index (χ1n) is 5.60. The Hall–Kier alpha value is -1.22. The van der Waals surface area contributed by atoms with Crippen molar-refractivity contribution in [2.75, 3.05) is 6.54 Å². The molecule has 1 atom stereocenters. The van der Waals surface area contributed by atoms with Gasteiger partial charge in [0.1, 0.15) is 6.10 Å². The topological polar surface area (TPSA) is 84.2 Å². The predicted molar refractivity (Wildman–Crippen MR) is 72.4 cm³/mol. The third kappa shape index (κ3) is 3.21. The quantitative estimate of drug-likeness (QED) is 0.855. The Morgan fingerprint density at radius 2 is 2.32 bits per heavy atom. The smallest absolute Gasteiger partial charge is 0.259 e. The lowest BCUT2D eigenvalue weighted by atomic mass is 10.2. The molecule has 8 heteroatoms. The predicted octanol–water partition coefficient (Wildman–Crippen LogP) is 0.802. The highest BCUT2D eigenvalue weighted by Crippen LogP contribution is 2.23. The second-order valence-electron chi connectivity index (χ2n) is 4.21. The van der Waals surface area contributed by atoms with Crippen LogP contribution in [0.1, 0.15) is 16.5 Å². The lowest BCUT2D eigenvalue weighted by Gasteiger charge is -2.10. The van der Waals surface area contributed by atoms with Gasteiger partial charge < -0.3 is 9.67 Å². The minimum Gasteiger partial charge on any atom is -0.386 e. The minimum atomic E-state index is -3.68. The van der Waals surface area contributed by atoms with E-state index >= 15 is 0 Å². The van der Waals surface area contributed by atoms with Crippen LogP contribution in [0, 0.1) is 6.92 Å². The lowest BCUT2D eigenvalue weighted by molar-refractivity contribution is 0.185. The molecule has 104 valence electrons. The van der Waals surface area contributed by atoms with Crippen molar-refractivity contribution in [3.05, 3.63) is 34.4 Å². The largest absolute Gasteiger partial charge is 0.386 e. The Morgan fingerprint density at radius 3 is 2.84 bits per heavy atom. The molecule has 2 rings (SSSR count). The van der Waals surface area contributed by atoms with Crippen molar-refractivity contribution in [3.8, 4) is 0 Å². The molecule has 0 unspecified atom stereocenters. The summed E-state index contributed by atoms with van der Waals surface area (Å²) in [5.41, 5.74) is 0.953. The van der Waals surface area contributed by atoms with Crippen LogP contribution in [-0.4, -0.2) is 29.6 Å². The summed E-state index contributed by atoms with van der Waals surface area (Å²) in [4.78, 5) is 4.55. The monoisotopic (exact) mass is 301 g/mol. The molecular weight excluding hydrogens is 286 g/mol. The molecule has 0 aliphatic carbocycles. The Balaban J connectivity index is 2.04. The molecule has 2 aromatic rings. The van der Waals surface area contributed by atoms with E-state index in [1.165, 1.54) is 23.9 Å². The van der Waals surface area contributed by atoms with Crippen LogP contribution in [0.3, 0.4) is 0 Å². The van der Waals surface area contributed by atoms with E-state index in [0.717, 1.165) is 10.4 Å². The van der Waals surface area contributed by atoms with Crippen molar-refractivity contribution in [1.29, 1.82) is 0 Å². The molecule has 0 amide bonds. The fraction of sp³-hybridized carbons (Fsp3) is 0.364. The summed E-state index contributed by atoms with van der Waals surface area (Å²) in [6, 6.07) is 1.89. The fourth-order valence-electron chi connectivity index (χ4n) is 1.61. The number of thiophene rings is 1. The number of nitrogens with zero attached hydrogens (tertiary/aromatic N) is 2. The zero-order valence-corrected chi connectivity index (χ0v) is 12.2. The highest BCUT2D eigenvalue weighted by Gasteiger charge is 2.20. The van der Waals surface area contributed by atoms with Crippen LogP contribution >= 0.6 is 11.3 Å². The Bertz CT molecular complexity index is 660. The lowest BCUT2D eigenvalue weighted by Crippen LogP contribution is -2.28. The van der Waals surface area contributed by atoms with Crippen LogP contribution in [0.4, 0.5) is 0 Å². The molecule has 0 fully saturated rings. The van der Waals surface area contributed by atoms with Crippen molar-refractivity contribution in [2.24, 2.45) is 7.05 Å². The average Bonchev–Trinajstić information content (AvgIpc) is 2.95. The molecule has 0 spiro atoms. The van der Waals surface area contributed by atoms with Crippen molar-refractivity contribution in [1.82, 2.24) is 14.3 Å². The highest BCUT2D eigenvalue weighted by atomic mass is 32.2. The molecule has 0 saturated carbocycles. The first-order chi connectivity index (χ1) is 8.90. The maximum absolute atomic E-state index is 11.9. The van der Waals surface area contributed by atoms with Crippen LogP contribution in [0.15, 0.2) is 29.0 Å². The average molecular weight is 301 g/mol. The molecule has 0 saturated heterocycles. The van der Waals surface area contributed by atoms with Gasteiger partial charge in [0, 0.05) is 24.7 Å². The van der Waals surface area contributed by atoms with Crippen LogP contribution < -0.4 is 4.72 Å². The summed E-state index contributed by atoms with van der Waals surface area (Å²) < 4.78 is 27.7. The van der Waals surface area contributed by atoms with Gasteiger partial charge in [0.25, 0.3) is 10.0 Å². The van der Waals surface area contributed by atoms with Gasteiger partial charge in [-0.1, -0.05) is 0 Å². The standard InChI is InChI=1S/C11H15N3O3S2/c1-8-3-4-18-11(8)9(15)5-13-19(16,17)10-6-14(2)7-12-10/h3-4,6-7,9,13,15H,5H2,1-2H3/t9-/m0/s1. The van der Waals surface area contributed by atoms with Crippen molar-refractivity contribution < 1.29 is 13.5 Å². The van der Waals surface area contributed by atoms with Crippen LogP contribution in [0.25, 0.3) is 0 Å². The van der Waals surface area contributed by atoms with E-state index in [4.69, 9.17) is 0 Å². The molecule has 0 radical (unpaired) electrons. The first-order valence-corrected chi connectivity index (χ1v) is 7.96. The molecule has 0 aromatic carbocycles. The summed E-state index contributed by atoms with van der Waals surface area (Å²) >= 11 is 1.40. The summed E-state index contributed by atoms with van der Waals surface area (Å²) in [6.45, 7) is 1.81. The number of sulfonamides is 1. The van der Waals surface area contributed by atoms with E-state index in [9.17, 15) is 13.5 Å². The Kier molecular flexibility index (Phi) is 4.04. The van der Waals surface area contributed by atoms with Crippen LogP contribution in [0.2, 0.25) is 0 Å². The molecule has 2 heterocycles. The SMILES string of the molecule is Cc1ccsc1[C@@H](O)CNS(=O)(=O)c1cn(C)cn1. The van der Waals surface area contributed by atoms with Gasteiger partial charge in [-0.05, 0) is 23.9 Å². The summed E-state index contributed by atoms with van der Waals surface area (Å²) in [6.07, 6.45) is 1.97. The van der Waals surface area contributed by atoms with E-state index in [1.54, 1.807) is 11.6 Å². The van der Waals surface area contributed by atoms with Crippen molar-refractivity contribution in [3.63, 3.8) is 0 Å². The minimum absolute atomic E-state index is 0.0508. The zero-order chi connectivity index (χ0) is 14.0. The normalized spacial score (nSPS) is 13.6. The number of nitrogens with one attached hydrogen (secondary N) is 1. The number of imidazole rings is 1. The number of aliphatic hydroxyl groups excluding tert-OH is 1. The van der Waals surface area contributed by atoms with Gasteiger partial charge in [0.2, 0.25) is 0 Å². The third-order valence-electron chi connectivity index (χ3n) is 2.63. The van der Waals surface area contributed by atoms with E-state index in [2.05, 4.69) is 9.71 Å². The number of hydrogen-bond donors (Lipinski definition) is 2. The van der Waals surface area contributed by atoms with Gasteiger partial charge in [-0.3, -0.25) is 0 Å². The van der Waals surface area contributed by atoms with Gasteiger partial charge in [0.05, 0.1) is 6.33 Å². The molecule has 0 aliphatic heterocycles. The van der Waals surface area contributed by atoms with E-state index < -0.39 is 16.1 Å². The zero-order valence-electron chi connectivity index (χ0n) is 10.6. The maximum atomic E-state index is 11.9.